The molecule has 3 N–H and O–H groups in total. The van der Waals surface area contributed by atoms with Gasteiger partial charge in [-0.25, -0.2) is 4.79 Å². The molecule has 0 saturated carbocycles. The lowest BCUT2D eigenvalue weighted by atomic mass is 9.88. The second-order valence-corrected chi connectivity index (χ2v) is 7.77. The summed E-state index contributed by atoms with van der Waals surface area (Å²) in [6.07, 6.45) is 2.22. The van der Waals surface area contributed by atoms with Crippen LogP contribution in [0.4, 0.5) is 4.79 Å². The third-order valence-corrected chi connectivity index (χ3v) is 3.00. The molecule has 0 aliphatic heterocycles. The van der Waals surface area contributed by atoms with Crippen LogP contribution < -0.4 is 11.1 Å². The van der Waals surface area contributed by atoms with Gasteiger partial charge < -0.3 is 15.8 Å². The van der Waals surface area contributed by atoms with Crippen LogP contribution in [0.3, 0.4) is 0 Å². The number of nitrogens with two attached hydrogens (primary N) is 1. The highest BCUT2D eigenvalue weighted by molar-refractivity contribution is 5.67. The fourth-order valence-electron chi connectivity index (χ4n) is 2.20. The average molecular weight is 310 g/mol. The predicted molar refractivity (Wildman–Crippen MR) is 87.8 cm³/mol. The average Bonchev–Trinajstić information content (AvgIpc) is 2.65. The second kappa shape index (κ2) is 6.69. The van der Waals surface area contributed by atoms with Gasteiger partial charge in [-0.2, -0.15) is 5.10 Å². The van der Waals surface area contributed by atoms with Crippen LogP contribution >= 0.6 is 0 Å². The Labute approximate surface area is 133 Å². The summed E-state index contributed by atoms with van der Waals surface area (Å²) in [5.41, 5.74) is 7.76. The topological polar surface area (TPSA) is 82.2 Å². The number of amides is 1. The third-order valence-electron chi connectivity index (χ3n) is 3.00. The Kier molecular flexibility index (Phi) is 5.62. The standard InChI is InChI=1S/C16H30N4O2/c1-15(2,3)13-11(10-20(7)19-13)8-12(17)9-18-14(21)22-16(4,5)6/h10,12H,8-9,17H2,1-7H3,(H,18,21). The fourth-order valence-corrected chi connectivity index (χ4v) is 2.20. The predicted octanol–water partition coefficient (Wildman–Crippen LogP) is 2.11. The van der Waals surface area contributed by atoms with Gasteiger partial charge in [0.25, 0.3) is 0 Å². The summed E-state index contributed by atoms with van der Waals surface area (Å²) in [6.45, 7) is 12.2. The molecule has 6 heteroatoms. The molecule has 1 amide bonds. The van der Waals surface area contributed by atoms with E-state index in [0.717, 1.165) is 11.3 Å². The van der Waals surface area contributed by atoms with E-state index in [2.05, 4.69) is 31.2 Å². The number of carbonyl (C=O) groups is 1. The Balaban J connectivity index is 2.59. The van der Waals surface area contributed by atoms with Crippen LogP contribution in [0, 0.1) is 0 Å². The molecule has 1 unspecified atom stereocenters. The monoisotopic (exact) mass is 310 g/mol. The lowest BCUT2D eigenvalue weighted by molar-refractivity contribution is 0.0524. The van der Waals surface area contributed by atoms with Gasteiger partial charge in [-0.15, -0.1) is 0 Å². The summed E-state index contributed by atoms with van der Waals surface area (Å²) in [5, 5.41) is 7.24. The van der Waals surface area contributed by atoms with E-state index in [0.29, 0.717) is 13.0 Å². The van der Waals surface area contributed by atoms with Gasteiger partial charge in [-0.1, -0.05) is 20.8 Å². The van der Waals surface area contributed by atoms with Crippen molar-refractivity contribution >= 4 is 6.09 Å². The molecule has 1 heterocycles. The Morgan fingerprint density at radius 2 is 1.95 bits per heavy atom. The fraction of sp³-hybridized carbons (Fsp3) is 0.750. The van der Waals surface area contributed by atoms with Crippen LogP contribution in [-0.2, 0) is 23.6 Å². The molecule has 1 atom stereocenters. The van der Waals surface area contributed by atoms with Crippen LogP contribution in [0.15, 0.2) is 6.20 Å². The van der Waals surface area contributed by atoms with E-state index in [1.807, 2.05) is 38.7 Å². The Morgan fingerprint density at radius 1 is 1.36 bits per heavy atom. The van der Waals surface area contributed by atoms with E-state index < -0.39 is 11.7 Å². The Hall–Kier alpha value is -1.56. The summed E-state index contributed by atoms with van der Waals surface area (Å²) < 4.78 is 7.01. The van der Waals surface area contributed by atoms with E-state index in [1.54, 1.807) is 0 Å². The number of aromatic nitrogens is 2. The lowest BCUT2D eigenvalue weighted by Crippen LogP contribution is -2.41. The number of nitrogens with zero attached hydrogens (tertiary/aromatic N) is 2. The van der Waals surface area contributed by atoms with Crippen molar-refractivity contribution in [2.45, 2.75) is 65.0 Å². The van der Waals surface area contributed by atoms with Crippen molar-refractivity contribution in [3.8, 4) is 0 Å². The smallest absolute Gasteiger partial charge is 0.407 e. The van der Waals surface area contributed by atoms with Crippen LogP contribution in [0.2, 0.25) is 0 Å². The molecule has 1 aromatic heterocycles. The Bertz CT molecular complexity index is 509. The number of hydrogen-bond donors (Lipinski definition) is 2. The van der Waals surface area contributed by atoms with Gasteiger partial charge in [0.2, 0.25) is 0 Å². The molecule has 0 aliphatic carbocycles. The number of hydrogen-bond acceptors (Lipinski definition) is 4. The zero-order valence-electron chi connectivity index (χ0n) is 14.9. The highest BCUT2D eigenvalue weighted by Gasteiger charge is 2.23. The molecule has 0 aliphatic rings. The number of carbonyl (C=O) groups excluding carboxylic acids is 1. The van der Waals surface area contributed by atoms with Crippen molar-refractivity contribution in [1.82, 2.24) is 15.1 Å². The van der Waals surface area contributed by atoms with Crippen molar-refractivity contribution in [3.05, 3.63) is 17.5 Å². The molecule has 6 nitrogen and oxygen atoms in total. The number of alkyl carbamates (subject to hydrolysis) is 1. The maximum Gasteiger partial charge on any atom is 0.407 e. The molecular weight excluding hydrogens is 280 g/mol. The van der Waals surface area contributed by atoms with Crippen molar-refractivity contribution in [3.63, 3.8) is 0 Å². The van der Waals surface area contributed by atoms with Crippen LogP contribution in [-0.4, -0.2) is 34.1 Å². The summed E-state index contributed by atoms with van der Waals surface area (Å²) in [6, 6.07) is -0.183. The van der Waals surface area contributed by atoms with Crippen molar-refractivity contribution in [1.29, 1.82) is 0 Å². The van der Waals surface area contributed by atoms with E-state index >= 15 is 0 Å². The van der Waals surface area contributed by atoms with E-state index in [4.69, 9.17) is 10.5 Å². The largest absolute Gasteiger partial charge is 0.444 e. The van der Waals surface area contributed by atoms with Crippen LogP contribution in [0.25, 0.3) is 0 Å². The lowest BCUT2D eigenvalue weighted by Gasteiger charge is -2.21. The minimum atomic E-state index is -0.503. The first kappa shape index (κ1) is 18.5. The third kappa shape index (κ3) is 6.05. The molecule has 0 bridgehead atoms. The first-order valence-electron chi connectivity index (χ1n) is 7.64. The van der Waals surface area contributed by atoms with Gasteiger partial charge in [0, 0.05) is 31.2 Å². The summed E-state index contributed by atoms with van der Waals surface area (Å²) in [7, 11) is 1.91. The van der Waals surface area contributed by atoms with Gasteiger partial charge in [-0.05, 0) is 32.8 Å². The van der Waals surface area contributed by atoms with E-state index in [9.17, 15) is 4.79 Å². The normalized spacial score (nSPS) is 13.8. The zero-order chi connectivity index (χ0) is 17.1. The first-order chi connectivity index (χ1) is 9.88. The minimum Gasteiger partial charge on any atom is -0.444 e. The van der Waals surface area contributed by atoms with Crippen LogP contribution in [0.1, 0.15) is 52.8 Å². The highest BCUT2D eigenvalue weighted by atomic mass is 16.6. The SMILES string of the molecule is Cn1cc(CC(N)CNC(=O)OC(C)(C)C)c(C(C)(C)C)n1. The summed E-state index contributed by atoms with van der Waals surface area (Å²) in [5.74, 6) is 0. The second-order valence-electron chi connectivity index (χ2n) is 7.77. The molecule has 0 fully saturated rings. The number of nitrogens with one attached hydrogen (secondary N) is 1. The molecule has 22 heavy (non-hydrogen) atoms. The highest BCUT2D eigenvalue weighted by Crippen LogP contribution is 2.24. The van der Waals surface area contributed by atoms with Gasteiger partial charge in [0.05, 0.1) is 5.69 Å². The number of aryl methyl sites for hydroxylation is 1. The van der Waals surface area contributed by atoms with Gasteiger partial charge >= 0.3 is 6.09 Å². The molecule has 126 valence electrons. The molecule has 0 aromatic carbocycles. The van der Waals surface area contributed by atoms with Crippen molar-refractivity contribution in [2.24, 2.45) is 12.8 Å². The number of rotatable bonds is 4. The van der Waals surface area contributed by atoms with Crippen molar-refractivity contribution < 1.29 is 9.53 Å². The van der Waals surface area contributed by atoms with Gasteiger partial charge in [-0.3, -0.25) is 4.68 Å². The zero-order valence-corrected chi connectivity index (χ0v) is 14.9. The summed E-state index contributed by atoms with van der Waals surface area (Å²) in [4.78, 5) is 11.6. The molecular formula is C16H30N4O2. The maximum absolute atomic E-state index is 11.6. The van der Waals surface area contributed by atoms with Gasteiger partial charge in [0.15, 0.2) is 0 Å². The molecule has 0 radical (unpaired) electrons. The van der Waals surface area contributed by atoms with E-state index in [-0.39, 0.29) is 11.5 Å². The summed E-state index contributed by atoms with van der Waals surface area (Å²) >= 11 is 0. The molecule has 1 aromatic rings. The molecule has 0 spiro atoms. The Morgan fingerprint density at radius 3 is 2.45 bits per heavy atom. The van der Waals surface area contributed by atoms with Crippen LogP contribution in [0.5, 0.6) is 0 Å². The number of ether oxygens (including phenoxy) is 1. The molecule has 0 saturated heterocycles. The minimum absolute atomic E-state index is 0.0328. The van der Waals surface area contributed by atoms with Crippen molar-refractivity contribution in [2.75, 3.05) is 6.54 Å². The van der Waals surface area contributed by atoms with E-state index in [1.165, 1.54) is 0 Å². The molecule has 1 rings (SSSR count). The quantitative estimate of drug-likeness (QED) is 0.892. The first-order valence-corrected chi connectivity index (χ1v) is 7.64. The van der Waals surface area contributed by atoms with Gasteiger partial charge in [0.1, 0.15) is 5.60 Å². The maximum atomic E-state index is 11.6.